The molecule has 2 aromatic rings. The van der Waals surface area contributed by atoms with Crippen molar-refractivity contribution in [3.63, 3.8) is 0 Å². The van der Waals surface area contributed by atoms with E-state index < -0.39 is 10.0 Å². The summed E-state index contributed by atoms with van der Waals surface area (Å²) in [6.07, 6.45) is 1.21. The lowest BCUT2D eigenvalue weighted by molar-refractivity contribution is 0.375. The molecule has 1 aliphatic heterocycles. The van der Waals surface area contributed by atoms with Crippen LogP contribution < -0.4 is 5.73 Å². The Morgan fingerprint density at radius 3 is 2.43 bits per heavy atom. The number of nitrogens with zero attached hydrogens (tertiary/aromatic N) is 1. The van der Waals surface area contributed by atoms with E-state index in [1.807, 2.05) is 18.2 Å². The molecule has 7 heteroatoms. The van der Waals surface area contributed by atoms with Crippen molar-refractivity contribution in [3.8, 4) is 0 Å². The van der Waals surface area contributed by atoms with Crippen LogP contribution in [0, 0.1) is 0 Å². The van der Waals surface area contributed by atoms with Crippen LogP contribution in [0.15, 0.2) is 36.4 Å². The standard InChI is InChI=1S/C16H16Cl2N2O2S/c1-23(21,22)20-8-14(10-2-4-12(19)5-3-10)13-6-11(17)7-16(18)15(13)9-20/h2-7,14H,8-9,19H2,1H3. The van der Waals surface area contributed by atoms with Gasteiger partial charge in [-0.05, 0) is 41.0 Å². The van der Waals surface area contributed by atoms with Gasteiger partial charge in [-0.2, -0.15) is 4.31 Å². The lowest BCUT2D eigenvalue weighted by Crippen LogP contribution is -2.38. The van der Waals surface area contributed by atoms with Gasteiger partial charge in [0.15, 0.2) is 0 Å². The molecule has 122 valence electrons. The summed E-state index contributed by atoms with van der Waals surface area (Å²) in [4.78, 5) is 0. The summed E-state index contributed by atoms with van der Waals surface area (Å²) < 4.78 is 25.5. The molecule has 1 atom stereocenters. The second kappa shape index (κ2) is 5.98. The van der Waals surface area contributed by atoms with Crippen molar-refractivity contribution >= 4 is 38.9 Å². The molecule has 2 N–H and O–H groups in total. The molecule has 23 heavy (non-hydrogen) atoms. The Balaban J connectivity index is 2.16. The van der Waals surface area contributed by atoms with Crippen LogP contribution >= 0.6 is 23.2 Å². The van der Waals surface area contributed by atoms with Crippen LogP contribution in [0.2, 0.25) is 10.0 Å². The van der Waals surface area contributed by atoms with E-state index >= 15 is 0 Å². The Bertz CT molecular complexity index is 851. The predicted molar refractivity (Wildman–Crippen MR) is 94.4 cm³/mol. The first kappa shape index (κ1) is 16.6. The summed E-state index contributed by atoms with van der Waals surface area (Å²) >= 11 is 12.5. The molecule has 1 unspecified atom stereocenters. The molecule has 1 heterocycles. The summed E-state index contributed by atoms with van der Waals surface area (Å²) in [5.74, 6) is -0.134. The number of benzene rings is 2. The summed E-state index contributed by atoms with van der Waals surface area (Å²) in [7, 11) is -3.33. The zero-order valence-corrected chi connectivity index (χ0v) is 14.8. The quantitative estimate of drug-likeness (QED) is 0.822. The van der Waals surface area contributed by atoms with E-state index in [1.54, 1.807) is 18.2 Å². The molecule has 4 nitrogen and oxygen atoms in total. The highest BCUT2D eigenvalue weighted by atomic mass is 35.5. The zero-order valence-electron chi connectivity index (χ0n) is 12.5. The molecule has 2 aromatic carbocycles. The SMILES string of the molecule is CS(=O)(=O)N1Cc2c(Cl)cc(Cl)cc2C(c2ccc(N)cc2)C1. The first-order valence-corrected chi connectivity index (χ1v) is 9.64. The summed E-state index contributed by atoms with van der Waals surface area (Å²) in [5.41, 5.74) is 9.15. The Morgan fingerprint density at radius 2 is 1.83 bits per heavy atom. The van der Waals surface area contributed by atoms with Gasteiger partial charge in [0.25, 0.3) is 0 Å². The fourth-order valence-corrected chi connectivity index (χ4v) is 4.26. The number of fused-ring (bicyclic) bond motifs is 1. The Hall–Kier alpha value is -1.27. The van der Waals surface area contributed by atoms with Crippen LogP contribution in [0.5, 0.6) is 0 Å². The minimum Gasteiger partial charge on any atom is -0.399 e. The van der Waals surface area contributed by atoms with E-state index in [2.05, 4.69) is 0 Å². The van der Waals surface area contributed by atoms with E-state index in [9.17, 15) is 8.42 Å². The minimum atomic E-state index is -3.33. The average molecular weight is 371 g/mol. The molecule has 0 bridgehead atoms. The molecule has 1 aliphatic rings. The number of rotatable bonds is 2. The molecular formula is C16H16Cl2N2O2S. The molecule has 0 spiro atoms. The fourth-order valence-electron chi connectivity index (χ4n) is 2.91. The number of anilines is 1. The molecule has 0 aromatic heterocycles. The highest BCUT2D eigenvalue weighted by Crippen LogP contribution is 2.39. The normalized spacial score (nSPS) is 18.7. The van der Waals surface area contributed by atoms with Gasteiger partial charge in [0.2, 0.25) is 10.0 Å². The highest BCUT2D eigenvalue weighted by Gasteiger charge is 2.32. The number of halogens is 2. The van der Waals surface area contributed by atoms with Crippen LogP contribution in [0.3, 0.4) is 0 Å². The Labute approximate surface area is 145 Å². The Morgan fingerprint density at radius 1 is 1.17 bits per heavy atom. The van der Waals surface area contributed by atoms with Crippen LogP contribution in [-0.2, 0) is 16.6 Å². The van der Waals surface area contributed by atoms with Crippen molar-refractivity contribution in [1.82, 2.24) is 4.31 Å². The van der Waals surface area contributed by atoms with E-state index in [0.29, 0.717) is 22.3 Å². The van der Waals surface area contributed by atoms with Crippen LogP contribution in [0.1, 0.15) is 22.6 Å². The Kier molecular flexibility index (Phi) is 4.31. The van der Waals surface area contributed by atoms with Gasteiger partial charge in [0.05, 0.1) is 6.26 Å². The maximum Gasteiger partial charge on any atom is 0.211 e. The zero-order chi connectivity index (χ0) is 16.8. The van der Waals surface area contributed by atoms with Crippen molar-refractivity contribution in [2.45, 2.75) is 12.5 Å². The van der Waals surface area contributed by atoms with Gasteiger partial charge >= 0.3 is 0 Å². The molecule has 0 aliphatic carbocycles. The van der Waals surface area contributed by atoms with Crippen molar-refractivity contribution in [2.24, 2.45) is 0 Å². The number of hydrogen-bond donors (Lipinski definition) is 1. The fraction of sp³-hybridized carbons (Fsp3) is 0.250. The smallest absolute Gasteiger partial charge is 0.211 e. The molecule has 0 saturated carbocycles. The first-order chi connectivity index (χ1) is 10.8. The van der Waals surface area contributed by atoms with Crippen LogP contribution in [0.4, 0.5) is 5.69 Å². The van der Waals surface area contributed by atoms with Gasteiger partial charge < -0.3 is 5.73 Å². The maximum atomic E-state index is 12.0. The summed E-state index contributed by atoms with van der Waals surface area (Å²) in [6, 6.07) is 10.9. The number of nitrogen functional groups attached to an aromatic ring is 1. The van der Waals surface area contributed by atoms with Crippen LogP contribution in [0.25, 0.3) is 0 Å². The van der Waals surface area contributed by atoms with Gasteiger partial charge in [-0.25, -0.2) is 8.42 Å². The molecule has 0 saturated heterocycles. The third kappa shape index (κ3) is 3.33. The molecule has 0 fully saturated rings. The molecule has 0 amide bonds. The van der Waals surface area contributed by atoms with E-state index in [4.69, 9.17) is 28.9 Å². The van der Waals surface area contributed by atoms with Crippen molar-refractivity contribution in [2.75, 3.05) is 18.5 Å². The van der Waals surface area contributed by atoms with E-state index in [0.717, 1.165) is 16.7 Å². The second-order valence-electron chi connectivity index (χ2n) is 5.73. The lowest BCUT2D eigenvalue weighted by Gasteiger charge is -2.34. The minimum absolute atomic E-state index is 0.134. The van der Waals surface area contributed by atoms with Gasteiger partial charge in [0.1, 0.15) is 0 Å². The highest BCUT2D eigenvalue weighted by molar-refractivity contribution is 7.88. The molecule has 3 rings (SSSR count). The third-order valence-electron chi connectivity index (χ3n) is 4.10. The number of hydrogen-bond acceptors (Lipinski definition) is 3. The van der Waals surface area contributed by atoms with Gasteiger partial charge in [-0.15, -0.1) is 0 Å². The number of nitrogens with two attached hydrogens (primary N) is 1. The van der Waals surface area contributed by atoms with Crippen molar-refractivity contribution in [1.29, 1.82) is 0 Å². The van der Waals surface area contributed by atoms with E-state index in [-0.39, 0.29) is 12.5 Å². The van der Waals surface area contributed by atoms with Crippen LogP contribution in [-0.4, -0.2) is 25.5 Å². The maximum absolute atomic E-state index is 12.0. The van der Waals surface area contributed by atoms with Crippen molar-refractivity contribution in [3.05, 3.63) is 63.1 Å². The topological polar surface area (TPSA) is 63.4 Å². The van der Waals surface area contributed by atoms with Gasteiger partial charge in [-0.3, -0.25) is 0 Å². The second-order valence-corrected chi connectivity index (χ2v) is 8.56. The summed E-state index contributed by atoms with van der Waals surface area (Å²) in [6.45, 7) is 0.613. The summed E-state index contributed by atoms with van der Waals surface area (Å²) in [5, 5.41) is 1.03. The van der Waals surface area contributed by atoms with Crippen molar-refractivity contribution < 1.29 is 8.42 Å². The number of sulfonamides is 1. The van der Waals surface area contributed by atoms with E-state index in [1.165, 1.54) is 10.6 Å². The monoisotopic (exact) mass is 370 g/mol. The molecule has 0 radical (unpaired) electrons. The van der Waals surface area contributed by atoms with Gasteiger partial charge in [-0.1, -0.05) is 35.3 Å². The lowest BCUT2D eigenvalue weighted by atomic mass is 9.85. The predicted octanol–water partition coefficient (Wildman–Crippen LogP) is 3.48. The first-order valence-electron chi connectivity index (χ1n) is 7.04. The third-order valence-corrected chi connectivity index (χ3v) is 5.87. The molecular weight excluding hydrogens is 355 g/mol. The largest absolute Gasteiger partial charge is 0.399 e. The average Bonchev–Trinajstić information content (AvgIpc) is 2.46. The van der Waals surface area contributed by atoms with Gasteiger partial charge in [0, 0.05) is 34.7 Å².